The molecule has 2 N–H and O–H groups in total. The predicted molar refractivity (Wildman–Crippen MR) is 75.9 cm³/mol. The number of nitrogens with zero attached hydrogens (tertiary/aromatic N) is 3. The maximum atomic E-state index is 6.14. The quantitative estimate of drug-likeness (QED) is 0.934. The largest absolute Gasteiger partial charge is 0.323 e. The third kappa shape index (κ3) is 2.91. The average molecular weight is 330 g/mol. The first-order chi connectivity index (χ1) is 8.61. The van der Waals surface area contributed by atoms with Crippen molar-refractivity contribution in [1.82, 2.24) is 15.0 Å². The highest BCUT2D eigenvalue weighted by Gasteiger charge is 2.12. The lowest BCUT2D eigenvalue weighted by Gasteiger charge is -2.05. The Morgan fingerprint density at radius 2 is 2.28 bits per heavy atom. The van der Waals surface area contributed by atoms with Crippen molar-refractivity contribution in [2.75, 3.05) is 0 Å². The van der Waals surface area contributed by atoms with Gasteiger partial charge in [-0.2, -0.15) is 0 Å². The zero-order valence-corrected chi connectivity index (χ0v) is 12.3. The fourth-order valence-corrected chi connectivity index (χ4v) is 2.24. The summed E-state index contributed by atoms with van der Waals surface area (Å²) in [4.78, 5) is 0. The zero-order valence-electron chi connectivity index (χ0n) is 9.98. The zero-order chi connectivity index (χ0) is 13.1. The van der Waals surface area contributed by atoms with E-state index in [1.807, 2.05) is 24.4 Å². The minimum Gasteiger partial charge on any atom is -0.323 e. The number of nitrogens with two attached hydrogens (primary N) is 1. The van der Waals surface area contributed by atoms with Crippen molar-refractivity contribution in [2.45, 2.75) is 25.8 Å². The van der Waals surface area contributed by atoms with Crippen LogP contribution in [0.2, 0.25) is 5.02 Å². The molecule has 0 radical (unpaired) electrons. The molecule has 0 aliphatic rings. The molecular weight excluding hydrogens is 316 g/mol. The van der Waals surface area contributed by atoms with Gasteiger partial charge in [0.15, 0.2) is 0 Å². The van der Waals surface area contributed by atoms with E-state index in [2.05, 4.69) is 33.2 Å². The first-order valence-corrected chi connectivity index (χ1v) is 6.92. The molecule has 6 heteroatoms. The van der Waals surface area contributed by atoms with Crippen LogP contribution in [0.4, 0.5) is 0 Å². The molecule has 0 amide bonds. The highest BCUT2D eigenvalue weighted by atomic mass is 79.9. The van der Waals surface area contributed by atoms with Crippen LogP contribution in [0.25, 0.3) is 5.69 Å². The summed E-state index contributed by atoms with van der Waals surface area (Å²) in [6.07, 6.45) is 3.74. The second-order valence-corrected chi connectivity index (χ2v) is 5.40. The topological polar surface area (TPSA) is 56.7 Å². The van der Waals surface area contributed by atoms with E-state index >= 15 is 0 Å². The monoisotopic (exact) mass is 328 g/mol. The van der Waals surface area contributed by atoms with Crippen LogP contribution in [0.15, 0.2) is 28.9 Å². The molecule has 0 aliphatic heterocycles. The predicted octanol–water partition coefficient (Wildman–Crippen LogP) is 3.48. The van der Waals surface area contributed by atoms with Crippen LogP contribution in [0.5, 0.6) is 0 Å². The highest BCUT2D eigenvalue weighted by Crippen LogP contribution is 2.24. The molecule has 0 saturated heterocycles. The molecule has 2 rings (SSSR count). The van der Waals surface area contributed by atoms with Crippen LogP contribution < -0.4 is 5.73 Å². The number of hydrogen-bond donors (Lipinski definition) is 1. The van der Waals surface area contributed by atoms with Crippen LogP contribution in [0.3, 0.4) is 0 Å². The minimum atomic E-state index is -0.0744. The van der Waals surface area contributed by atoms with Gasteiger partial charge < -0.3 is 5.73 Å². The van der Waals surface area contributed by atoms with Gasteiger partial charge >= 0.3 is 0 Å². The summed E-state index contributed by atoms with van der Waals surface area (Å²) >= 11 is 9.55. The van der Waals surface area contributed by atoms with Gasteiger partial charge in [0.2, 0.25) is 0 Å². The minimum absolute atomic E-state index is 0.0744. The Morgan fingerprint density at radius 3 is 3.00 bits per heavy atom. The summed E-state index contributed by atoms with van der Waals surface area (Å²) in [6.45, 7) is 2.09. The Hall–Kier alpha value is -0.910. The van der Waals surface area contributed by atoms with Crippen molar-refractivity contribution in [3.05, 3.63) is 39.6 Å². The molecule has 1 aromatic heterocycles. The molecule has 0 saturated carbocycles. The summed E-state index contributed by atoms with van der Waals surface area (Å²) in [5, 5.41) is 8.79. The molecule has 96 valence electrons. The van der Waals surface area contributed by atoms with Gasteiger partial charge in [-0.1, -0.05) is 46.1 Å². The van der Waals surface area contributed by atoms with E-state index < -0.39 is 0 Å². The van der Waals surface area contributed by atoms with Crippen molar-refractivity contribution in [3.8, 4) is 5.69 Å². The molecule has 1 atom stereocenters. The van der Waals surface area contributed by atoms with E-state index in [-0.39, 0.29) is 6.04 Å². The third-order valence-corrected chi connectivity index (χ3v) is 3.46. The smallest absolute Gasteiger partial charge is 0.0998 e. The van der Waals surface area contributed by atoms with Crippen molar-refractivity contribution < 1.29 is 0 Å². The van der Waals surface area contributed by atoms with Crippen LogP contribution in [0, 0.1) is 0 Å². The standard InChI is InChI=1S/C12H14BrClN4/c1-2-3-10(15)11-7-18(17-16-11)12-6-8(13)4-5-9(12)14/h4-7,10H,2-3,15H2,1H3. The second-order valence-electron chi connectivity index (χ2n) is 4.08. The molecule has 18 heavy (non-hydrogen) atoms. The summed E-state index contributed by atoms with van der Waals surface area (Å²) in [5.41, 5.74) is 7.58. The molecule has 0 spiro atoms. The van der Waals surface area contributed by atoms with Crippen LogP contribution in [-0.2, 0) is 0 Å². The van der Waals surface area contributed by atoms with E-state index in [0.29, 0.717) is 5.02 Å². The van der Waals surface area contributed by atoms with E-state index in [4.69, 9.17) is 17.3 Å². The number of rotatable bonds is 4. The maximum absolute atomic E-state index is 6.14. The van der Waals surface area contributed by atoms with Crippen LogP contribution >= 0.6 is 27.5 Å². The molecule has 1 aromatic carbocycles. The second kappa shape index (κ2) is 5.82. The summed E-state index contributed by atoms with van der Waals surface area (Å²) < 4.78 is 2.59. The van der Waals surface area contributed by atoms with E-state index in [0.717, 1.165) is 28.7 Å². The molecule has 1 unspecified atom stereocenters. The molecule has 0 bridgehead atoms. The summed E-state index contributed by atoms with van der Waals surface area (Å²) in [5.74, 6) is 0. The van der Waals surface area contributed by atoms with Gasteiger partial charge in [-0.3, -0.25) is 0 Å². The Labute approximate surface area is 119 Å². The van der Waals surface area contributed by atoms with E-state index in [1.54, 1.807) is 4.68 Å². The molecular formula is C12H14BrClN4. The number of aromatic nitrogens is 3. The lowest BCUT2D eigenvalue weighted by molar-refractivity contribution is 0.619. The maximum Gasteiger partial charge on any atom is 0.0998 e. The van der Waals surface area contributed by atoms with Gasteiger partial charge in [-0.15, -0.1) is 5.10 Å². The fraction of sp³-hybridized carbons (Fsp3) is 0.333. The first kappa shape index (κ1) is 13.5. The van der Waals surface area contributed by atoms with Gasteiger partial charge in [-0.25, -0.2) is 4.68 Å². The Kier molecular flexibility index (Phi) is 4.37. The fourth-order valence-electron chi connectivity index (χ4n) is 1.68. The van der Waals surface area contributed by atoms with Gasteiger partial charge in [0, 0.05) is 4.47 Å². The number of halogens is 2. The van der Waals surface area contributed by atoms with Gasteiger partial charge in [0.1, 0.15) is 0 Å². The van der Waals surface area contributed by atoms with Crippen LogP contribution in [0.1, 0.15) is 31.5 Å². The molecule has 0 aliphatic carbocycles. The number of benzene rings is 1. The molecule has 2 aromatic rings. The normalized spacial score (nSPS) is 12.7. The lowest BCUT2D eigenvalue weighted by Crippen LogP contribution is -2.10. The summed E-state index contributed by atoms with van der Waals surface area (Å²) in [7, 11) is 0. The van der Waals surface area contributed by atoms with Crippen molar-refractivity contribution in [3.63, 3.8) is 0 Å². The van der Waals surface area contributed by atoms with Crippen molar-refractivity contribution in [2.24, 2.45) is 5.73 Å². The SMILES string of the molecule is CCCC(N)c1cn(-c2cc(Br)ccc2Cl)nn1. The van der Waals surface area contributed by atoms with Gasteiger partial charge in [-0.05, 0) is 24.6 Å². The van der Waals surface area contributed by atoms with E-state index in [1.165, 1.54) is 0 Å². The van der Waals surface area contributed by atoms with Crippen molar-refractivity contribution in [1.29, 1.82) is 0 Å². The molecule has 1 heterocycles. The molecule has 0 fully saturated rings. The average Bonchev–Trinajstić information content (AvgIpc) is 2.82. The Balaban J connectivity index is 2.32. The Bertz CT molecular complexity index is 541. The first-order valence-electron chi connectivity index (χ1n) is 5.75. The Morgan fingerprint density at radius 1 is 1.50 bits per heavy atom. The van der Waals surface area contributed by atoms with Crippen molar-refractivity contribution >= 4 is 27.5 Å². The van der Waals surface area contributed by atoms with Crippen LogP contribution in [-0.4, -0.2) is 15.0 Å². The summed E-state index contributed by atoms with van der Waals surface area (Å²) in [6, 6.07) is 5.52. The molecule has 4 nitrogen and oxygen atoms in total. The van der Waals surface area contributed by atoms with E-state index in [9.17, 15) is 0 Å². The third-order valence-electron chi connectivity index (χ3n) is 2.65. The van der Waals surface area contributed by atoms with Gasteiger partial charge in [0.25, 0.3) is 0 Å². The lowest BCUT2D eigenvalue weighted by atomic mass is 10.1. The van der Waals surface area contributed by atoms with Gasteiger partial charge in [0.05, 0.1) is 28.6 Å². The highest BCUT2D eigenvalue weighted by molar-refractivity contribution is 9.10. The number of hydrogen-bond acceptors (Lipinski definition) is 3.